The van der Waals surface area contributed by atoms with E-state index >= 15 is 0 Å². The fourth-order valence-corrected chi connectivity index (χ4v) is 2.19. The Morgan fingerprint density at radius 2 is 2.00 bits per heavy atom. The van der Waals surface area contributed by atoms with Crippen LogP contribution < -0.4 is 5.32 Å². The SMILES string of the molecule is C=CCSC(C)CCC[N]CCCCC. The van der Waals surface area contributed by atoms with Crippen molar-refractivity contribution >= 4 is 11.8 Å². The topological polar surface area (TPSA) is 14.1 Å². The first-order valence-electron chi connectivity index (χ1n) is 6.17. The van der Waals surface area contributed by atoms with Gasteiger partial charge in [0.15, 0.2) is 0 Å². The first-order valence-corrected chi connectivity index (χ1v) is 7.21. The molecule has 0 saturated carbocycles. The fourth-order valence-electron chi connectivity index (χ4n) is 1.39. The zero-order valence-corrected chi connectivity index (χ0v) is 11.2. The summed E-state index contributed by atoms with van der Waals surface area (Å²) in [6.07, 6.45) is 8.42. The van der Waals surface area contributed by atoms with E-state index in [9.17, 15) is 0 Å². The van der Waals surface area contributed by atoms with Crippen LogP contribution in [0.4, 0.5) is 0 Å². The van der Waals surface area contributed by atoms with Gasteiger partial charge in [0.2, 0.25) is 0 Å². The molecule has 0 aromatic rings. The molecular formula is C13H26NS. The van der Waals surface area contributed by atoms with E-state index in [0.717, 1.165) is 24.1 Å². The molecule has 0 aromatic heterocycles. The van der Waals surface area contributed by atoms with Gasteiger partial charge in [-0.15, -0.1) is 6.58 Å². The first-order chi connectivity index (χ1) is 7.31. The molecule has 0 aromatic carbocycles. The first kappa shape index (κ1) is 15.0. The largest absolute Gasteiger partial charge is 0.242 e. The van der Waals surface area contributed by atoms with Crippen molar-refractivity contribution in [3.63, 3.8) is 0 Å². The molecule has 89 valence electrons. The van der Waals surface area contributed by atoms with Gasteiger partial charge in [-0.1, -0.05) is 32.8 Å². The molecule has 0 aliphatic carbocycles. The third-order valence-corrected chi connectivity index (χ3v) is 3.58. The molecule has 0 bridgehead atoms. The van der Waals surface area contributed by atoms with E-state index in [-0.39, 0.29) is 0 Å². The number of thioether (sulfide) groups is 1. The van der Waals surface area contributed by atoms with Gasteiger partial charge < -0.3 is 0 Å². The van der Waals surface area contributed by atoms with Gasteiger partial charge in [0, 0.05) is 24.1 Å². The lowest BCUT2D eigenvalue weighted by molar-refractivity contribution is 0.576. The van der Waals surface area contributed by atoms with Crippen LogP contribution in [0.25, 0.3) is 0 Å². The molecule has 0 rings (SSSR count). The Morgan fingerprint density at radius 1 is 1.27 bits per heavy atom. The predicted octanol–water partition coefficient (Wildman–Crippen LogP) is 3.87. The van der Waals surface area contributed by atoms with Crippen molar-refractivity contribution in [3.05, 3.63) is 12.7 Å². The van der Waals surface area contributed by atoms with Gasteiger partial charge in [0.05, 0.1) is 0 Å². The maximum atomic E-state index is 4.53. The second-order valence-electron chi connectivity index (χ2n) is 3.95. The van der Waals surface area contributed by atoms with E-state index in [4.69, 9.17) is 0 Å². The highest BCUT2D eigenvalue weighted by Crippen LogP contribution is 2.15. The Kier molecular flexibility index (Phi) is 12.2. The van der Waals surface area contributed by atoms with E-state index in [0.29, 0.717) is 0 Å². The highest BCUT2D eigenvalue weighted by atomic mass is 32.2. The number of rotatable bonds is 11. The van der Waals surface area contributed by atoms with Gasteiger partial charge in [0.1, 0.15) is 0 Å². The van der Waals surface area contributed by atoms with Crippen molar-refractivity contribution in [3.8, 4) is 0 Å². The van der Waals surface area contributed by atoms with Gasteiger partial charge >= 0.3 is 0 Å². The molecule has 0 aliphatic rings. The Morgan fingerprint density at radius 3 is 2.67 bits per heavy atom. The number of hydrogen-bond acceptors (Lipinski definition) is 1. The fraction of sp³-hybridized carbons (Fsp3) is 0.846. The van der Waals surface area contributed by atoms with Gasteiger partial charge in [-0.3, -0.25) is 0 Å². The van der Waals surface area contributed by atoms with Crippen molar-refractivity contribution in [1.82, 2.24) is 5.32 Å². The Bertz CT molecular complexity index is 136. The molecule has 1 atom stereocenters. The minimum atomic E-state index is 0.758. The standard InChI is InChI=1S/C13H26NS/c1-4-6-7-10-14-11-8-9-13(3)15-12-5-2/h5,13H,2,4,6-12H2,1,3H3. The average Bonchev–Trinajstić information content (AvgIpc) is 2.25. The van der Waals surface area contributed by atoms with Crippen LogP contribution >= 0.6 is 11.8 Å². The highest BCUT2D eigenvalue weighted by Gasteiger charge is 2.00. The Hall–Kier alpha value is 0.0500. The quantitative estimate of drug-likeness (QED) is 0.387. The lowest BCUT2D eigenvalue weighted by Gasteiger charge is -2.09. The minimum absolute atomic E-state index is 0.758. The molecule has 0 saturated heterocycles. The molecule has 1 unspecified atom stereocenters. The van der Waals surface area contributed by atoms with E-state index in [1.807, 2.05) is 17.8 Å². The van der Waals surface area contributed by atoms with Crippen molar-refractivity contribution in [2.75, 3.05) is 18.8 Å². The van der Waals surface area contributed by atoms with Crippen LogP contribution in [0.15, 0.2) is 12.7 Å². The van der Waals surface area contributed by atoms with E-state index in [1.54, 1.807) is 0 Å². The van der Waals surface area contributed by atoms with Crippen LogP contribution in [0.1, 0.15) is 46.0 Å². The van der Waals surface area contributed by atoms with Crippen LogP contribution in [-0.4, -0.2) is 24.1 Å². The summed E-state index contributed by atoms with van der Waals surface area (Å²) in [4.78, 5) is 0. The van der Waals surface area contributed by atoms with Crippen molar-refractivity contribution in [2.24, 2.45) is 0 Å². The highest BCUT2D eigenvalue weighted by molar-refractivity contribution is 8.00. The van der Waals surface area contributed by atoms with Crippen molar-refractivity contribution in [1.29, 1.82) is 0 Å². The van der Waals surface area contributed by atoms with E-state index < -0.39 is 0 Å². The summed E-state index contributed by atoms with van der Waals surface area (Å²) in [7, 11) is 0. The molecule has 0 heterocycles. The molecule has 0 fully saturated rings. The van der Waals surface area contributed by atoms with Gasteiger partial charge in [-0.25, -0.2) is 5.32 Å². The predicted molar refractivity (Wildman–Crippen MR) is 72.7 cm³/mol. The summed E-state index contributed by atoms with van der Waals surface area (Å²) in [6.45, 7) is 10.4. The molecule has 1 radical (unpaired) electrons. The average molecular weight is 228 g/mol. The van der Waals surface area contributed by atoms with Crippen LogP contribution in [0.2, 0.25) is 0 Å². The number of unbranched alkanes of at least 4 members (excludes halogenated alkanes) is 2. The lowest BCUT2D eigenvalue weighted by Crippen LogP contribution is -2.10. The molecule has 0 N–H and O–H groups in total. The van der Waals surface area contributed by atoms with Gasteiger partial charge in [-0.05, 0) is 19.3 Å². The van der Waals surface area contributed by atoms with E-state index in [2.05, 4.69) is 25.7 Å². The zero-order valence-electron chi connectivity index (χ0n) is 10.4. The lowest BCUT2D eigenvalue weighted by atomic mass is 10.2. The second-order valence-corrected chi connectivity index (χ2v) is 5.42. The van der Waals surface area contributed by atoms with Crippen LogP contribution in [0.3, 0.4) is 0 Å². The van der Waals surface area contributed by atoms with Crippen molar-refractivity contribution < 1.29 is 0 Å². The zero-order chi connectivity index (χ0) is 11.4. The molecular weight excluding hydrogens is 202 g/mol. The molecule has 15 heavy (non-hydrogen) atoms. The van der Waals surface area contributed by atoms with Crippen LogP contribution in [0, 0.1) is 0 Å². The maximum absolute atomic E-state index is 4.53. The Balaban J connectivity index is 3.05. The van der Waals surface area contributed by atoms with Crippen molar-refractivity contribution in [2.45, 2.75) is 51.2 Å². The summed E-state index contributed by atoms with van der Waals surface area (Å²) in [6, 6.07) is 0. The third kappa shape index (κ3) is 12.0. The number of nitrogens with zero attached hydrogens (tertiary/aromatic N) is 1. The molecule has 0 aliphatic heterocycles. The summed E-state index contributed by atoms with van der Waals surface area (Å²) < 4.78 is 0. The number of hydrogen-bond donors (Lipinski definition) is 0. The van der Waals surface area contributed by atoms with E-state index in [1.165, 1.54) is 32.1 Å². The summed E-state index contributed by atoms with van der Waals surface area (Å²) in [5.74, 6) is 1.08. The smallest absolute Gasteiger partial charge is 0.0133 e. The summed E-state index contributed by atoms with van der Waals surface area (Å²) in [5, 5.41) is 5.29. The van der Waals surface area contributed by atoms with Crippen LogP contribution in [-0.2, 0) is 0 Å². The second kappa shape index (κ2) is 12.1. The molecule has 1 nitrogen and oxygen atoms in total. The Labute approximate surface area is 100 Å². The normalized spacial score (nSPS) is 12.7. The summed E-state index contributed by atoms with van der Waals surface area (Å²) in [5.41, 5.74) is 0. The third-order valence-electron chi connectivity index (χ3n) is 2.35. The molecule has 2 heteroatoms. The van der Waals surface area contributed by atoms with Crippen LogP contribution in [0.5, 0.6) is 0 Å². The summed E-state index contributed by atoms with van der Waals surface area (Å²) >= 11 is 1.99. The van der Waals surface area contributed by atoms with Gasteiger partial charge in [-0.2, -0.15) is 11.8 Å². The monoisotopic (exact) mass is 228 g/mol. The maximum Gasteiger partial charge on any atom is 0.0133 e. The molecule has 0 spiro atoms. The molecule has 0 amide bonds. The minimum Gasteiger partial charge on any atom is -0.242 e. The van der Waals surface area contributed by atoms with Gasteiger partial charge in [0.25, 0.3) is 0 Å².